The van der Waals surface area contributed by atoms with Gasteiger partial charge in [0.1, 0.15) is 5.75 Å². The van der Waals surface area contributed by atoms with Gasteiger partial charge < -0.3 is 19.5 Å². The van der Waals surface area contributed by atoms with Crippen molar-refractivity contribution in [2.24, 2.45) is 0 Å². The van der Waals surface area contributed by atoms with Gasteiger partial charge in [-0.25, -0.2) is 0 Å². The predicted molar refractivity (Wildman–Crippen MR) is 102 cm³/mol. The lowest BCUT2D eigenvalue weighted by molar-refractivity contribution is -0.121. The molecule has 1 amide bonds. The molecule has 0 saturated carbocycles. The van der Waals surface area contributed by atoms with Gasteiger partial charge in [-0.3, -0.25) is 4.79 Å². The average Bonchev–Trinajstić information content (AvgIpc) is 2.64. The molecule has 0 fully saturated rings. The van der Waals surface area contributed by atoms with Gasteiger partial charge >= 0.3 is 0 Å². The molecule has 26 heavy (non-hydrogen) atoms. The third-order valence-corrected chi connectivity index (χ3v) is 3.90. The molecule has 0 atom stereocenters. The van der Waals surface area contributed by atoms with Crippen molar-refractivity contribution >= 4 is 5.91 Å². The van der Waals surface area contributed by atoms with Gasteiger partial charge in [-0.2, -0.15) is 0 Å². The van der Waals surface area contributed by atoms with E-state index in [1.165, 1.54) is 0 Å². The van der Waals surface area contributed by atoms with Gasteiger partial charge in [0.25, 0.3) is 0 Å². The molecule has 1 N–H and O–H groups in total. The first-order valence-electron chi connectivity index (χ1n) is 8.82. The highest BCUT2D eigenvalue weighted by Crippen LogP contribution is 2.27. The van der Waals surface area contributed by atoms with Crippen LogP contribution in [0.5, 0.6) is 17.2 Å². The van der Waals surface area contributed by atoms with Crippen molar-refractivity contribution in [3.05, 3.63) is 53.6 Å². The van der Waals surface area contributed by atoms with Crippen molar-refractivity contribution in [2.45, 2.75) is 26.7 Å². The van der Waals surface area contributed by atoms with Gasteiger partial charge in [0, 0.05) is 6.54 Å². The molecule has 0 aliphatic heterocycles. The predicted octanol–water partition coefficient (Wildman–Crippen LogP) is 3.67. The quantitative estimate of drug-likeness (QED) is 0.659. The van der Waals surface area contributed by atoms with Gasteiger partial charge in [0.2, 0.25) is 5.91 Å². The second kappa shape index (κ2) is 10.3. The number of methoxy groups -OCH3 is 1. The topological polar surface area (TPSA) is 56.8 Å². The summed E-state index contributed by atoms with van der Waals surface area (Å²) < 4.78 is 16.6. The first-order chi connectivity index (χ1) is 12.6. The molecule has 0 unspecified atom stereocenters. The van der Waals surface area contributed by atoms with Crippen LogP contribution in [-0.4, -0.2) is 32.8 Å². The van der Waals surface area contributed by atoms with Crippen molar-refractivity contribution in [1.82, 2.24) is 5.32 Å². The molecule has 5 nitrogen and oxygen atoms in total. The van der Waals surface area contributed by atoms with Crippen LogP contribution in [0.2, 0.25) is 0 Å². The number of nitrogens with one attached hydrogen (secondary N) is 1. The molecule has 0 heterocycles. The number of carbonyl (C=O) groups excluding carboxylic acids is 1. The van der Waals surface area contributed by atoms with E-state index >= 15 is 0 Å². The molecule has 2 aromatic carbocycles. The lowest BCUT2D eigenvalue weighted by Crippen LogP contribution is -2.26. The molecular formula is C21H27NO4. The summed E-state index contributed by atoms with van der Waals surface area (Å²) in [7, 11) is 1.60. The van der Waals surface area contributed by atoms with Crippen LogP contribution < -0.4 is 19.5 Å². The Kier molecular flexibility index (Phi) is 7.80. The maximum Gasteiger partial charge on any atom is 0.223 e. The zero-order valence-corrected chi connectivity index (χ0v) is 15.7. The fourth-order valence-electron chi connectivity index (χ4n) is 2.44. The molecule has 0 bridgehead atoms. The van der Waals surface area contributed by atoms with Crippen molar-refractivity contribution in [2.75, 3.05) is 26.9 Å². The maximum absolute atomic E-state index is 11.9. The summed E-state index contributed by atoms with van der Waals surface area (Å²) in [6, 6.07) is 13.6. The van der Waals surface area contributed by atoms with E-state index in [0.29, 0.717) is 37.7 Å². The molecule has 2 aromatic rings. The Morgan fingerprint density at radius 1 is 0.962 bits per heavy atom. The van der Waals surface area contributed by atoms with Crippen LogP contribution in [0.3, 0.4) is 0 Å². The fraction of sp³-hybridized carbons (Fsp3) is 0.381. The Balaban J connectivity index is 1.60. The summed E-state index contributed by atoms with van der Waals surface area (Å²) in [5, 5.41) is 2.88. The minimum atomic E-state index is -0.0352. The number of benzene rings is 2. The third kappa shape index (κ3) is 6.31. The van der Waals surface area contributed by atoms with E-state index in [1.54, 1.807) is 7.11 Å². The van der Waals surface area contributed by atoms with Crippen LogP contribution in [0.25, 0.3) is 0 Å². The van der Waals surface area contributed by atoms with Crippen molar-refractivity contribution in [3.8, 4) is 17.2 Å². The van der Waals surface area contributed by atoms with Crippen LogP contribution in [0, 0.1) is 13.8 Å². The smallest absolute Gasteiger partial charge is 0.223 e. The summed E-state index contributed by atoms with van der Waals surface area (Å²) >= 11 is 0. The zero-order valence-electron chi connectivity index (χ0n) is 15.7. The van der Waals surface area contributed by atoms with Gasteiger partial charge in [0.15, 0.2) is 11.5 Å². The standard InChI is InChI=1S/C21H27NO4/c1-16-9-10-19(20(15-16)24-3)26-14-11-21(23)22-12-6-13-25-18-8-5-4-7-17(18)2/h4-5,7-10,15H,6,11-14H2,1-3H3,(H,22,23). The summed E-state index contributed by atoms with van der Waals surface area (Å²) in [4.78, 5) is 11.9. The monoisotopic (exact) mass is 357 g/mol. The van der Waals surface area contributed by atoms with E-state index in [1.807, 2.05) is 56.3 Å². The van der Waals surface area contributed by atoms with E-state index in [4.69, 9.17) is 14.2 Å². The van der Waals surface area contributed by atoms with Gasteiger partial charge in [-0.1, -0.05) is 24.3 Å². The van der Waals surface area contributed by atoms with E-state index in [-0.39, 0.29) is 5.91 Å². The third-order valence-electron chi connectivity index (χ3n) is 3.90. The number of aryl methyl sites for hydroxylation is 2. The second-order valence-electron chi connectivity index (χ2n) is 6.07. The number of carbonyl (C=O) groups is 1. The van der Waals surface area contributed by atoms with Gasteiger partial charge in [-0.05, 0) is 49.6 Å². The Labute approximate surface area is 155 Å². The molecule has 0 radical (unpaired) electrons. The number of rotatable bonds is 10. The normalized spacial score (nSPS) is 10.3. The maximum atomic E-state index is 11.9. The highest BCUT2D eigenvalue weighted by atomic mass is 16.5. The second-order valence-corrected chi connectivity index (χ2v) is 6.07. The van der Waals surface area contributed by atoms with Crippen LogP contribution in [0.1, 0.15) is 24.0 Å². The Hall–Kier alpha value is -2.69. The van der Waals surface area contributed by atoms with Crippen molar-refractivity contribution in [1.29, 1.82) is 0 Å². The Bertz CT molecular complexity index is 715. The molecule has 2 rings (SSSR count). The Morgan fingerprint density at radius 2 is 1.73 bits per heavy atom. The first-order valence-corrected chi connectivity index (χ1v) is 8.82. The summed E-state index contributed by atoms with van der Waals surface area (Å²) in [5.41, 5.74) is 2.21. The number of amides is 1. The molecule has 0 spiro atoms. The molecule has 0 aliphatic carbocycles. The van der Waals surface area contributed by atoms with Crippen LogP contribution in [0.4, 0.5) is 0 Å². The molecule has 0 saturated heterocycles. The highest BCUT2D eigenvalue weighted by molar-refractivity contribution is 5.75. The van der Waals surface area contributed by atoms with Crippen molar-refractivity contribution in [3.63, 3.8) is 0 Å². The molecule has 0 aliphatic rings. The zero-order chi connectivity index (χ0) is 18.8. The number of para-hydroxylation sites is 1. The largest absolute Gasteiger partial charge is 0.493 e. The lowest BCUT2D eigenvalue weighted by Gasteiger charge is -2.11. The summed E-state index contributed by atoms with van der Waals surface area (Å²) in [5.74, 6) is 2.18. The molecule has 0 aromatic heterocycles. The van der Waals surface area contributed by atoms with Crippen LogP contribution >= 0.6 is 0 Å². The fourth-order valence-corrected chi connectivity index (χ4v) is 2.44. The van der Waals surface area contributed by atoms with E-state index < -0.39 is 0 Å². The lowest BCUT2D eigenvalue weighted by atomic mass is 10.2. The molecular weight excluding hydrogens is 330 g/mol. The number of hydrogen-bond donors (Lipinski definition) is 1. The van der Waals surface area contributed by atoms with E-state index in [9.17, 15) is 4.79 Å². The highest BCUT2D eigenvalue weighted by Gasteiger charge is 2.06. The first kappa shape index (κ1) is 19.6. The van der Waals surface area contributed by atoms with Crippen LogP contribution in [0.15, 0.2) is 42.5 Å². The molecule has 140 valence electrons. The van der Waals surface area contributed by atoms with Gasteiger partial charge in [0.05, 0.1) is 26.7 Å². The summed E-state index contributed by atoms with van der Waals surface area (Å²) in [6.07, 6.45) is 1.06. The van der Waals surface area contributed by atoms with Gasteiger partial charge in [-0.15, -0.1) is 0 Å². The molecule has 5 heteroatoms. The number of hydrogen-bond acceptors (Lipinski definition) is 4. The Morgan fingerprint density at radius 3 is 2.50 bits per heavy atom. The number of ether oxygens (including phenoxy) is 3. The minimum Gasteiger partial charge on any atom is -0.493 e. The van der Waals surface area contributed by atoms with E-state index in [0.717, 1.165) is 23.3 Å². The van der Waals surface area contributed by atoms with Crippen molar-refractivity contribution < 1.29 is 19.0 Å². The van der Waals surface area contributed by atoms with E-state index in [2.05, 4.69) is 5.32 Å². The minimum absolute atomic E-state index is 0.0352. The average molecular weight is 357 g/mol. The van der Waals surface area contributed by atoms with Crippen LogP contribution in [-0.2, 0) is 4.79 Å². The summed E-state index contributed by atoms with van der Waals surface area (Å²) in [6.45, 7) is 5.47. The SMILES string of the molecule is COc1cc(C)ccc1OCCC(=O)NCCCOc1ccccc1C.